The highest BCUT2D eigenvalue weighted by Crippen LogP contribution is 2.52. The fourth-order valence-corrected chi connectivity index (χ4v) is 3.95. The van der Waals surface area contributed by atoms with Crippen molar-refractivity contribution in [3.05, 3.63) is 12.2 Å². The molecule has 0 radical (unpaired) electrons. The van der Waals surface area contributed by atoms with Crippen LogP contribution in [0.1, 0.15) is 52.9 Å². The number of hydrogen-bond acceptors (Lipinski definition) is 2. The smallest absolute Gasteiger partial charge is 0.0651 e. The molecule has 2 aliphatic carbocycles. The van der Waals surface area contributed by atoms with Gasteiger partial charge in [0.05, 0.1) is 11.2 Å². The summed E-state index contributed by atoms with van der Waals surface area (Å²) < 4.78 is 0. The van der Waals surface area contributed by atoms with Gasteiger partial charge in [0.25, 0.3) is 0 Å². The topological polar surface area (TPSA) is 40.5 Å². The molecule has 0 unspecified atom stereocenters. The Labute approximate surface area is 105 Å². The van der Waals surface area contributed by atoms with Gasteiger partial charge in [-0.25, -0.2) is 0 Å². The molecule has 2 fully saturated rings. The molecule has 2 N–H and O–H groups in total. The molecule has 2 aliphatic rings. The Morgan fingerprint density at radius 3 is 2.18 bits per heavy atom. The lowest BCUT2D eigenvalue weighted by Gasteiger charge is -2.35. The minimum absolute atomic E-state index is 0.224. The minimum Gasteiger partial charge on any atom is -0.390 e. The molecule has 5 atom stereocenters. The number of rotatable bonds is 1. The zero-order chi connectivity index (χ0) is 12.8. The predicted octanol–water partition coefficient (Wildman–Crippen LogP) is 2.89. The molecule has 0 bridgehead atoms. The van der Waals surface area contributed by atoms with Crippen LogP contribution in [0.15, 0.2) is 12.2 Å². The second-order valence-corrected chi connectivity index (χ2v) is 6.78. The fraction of sp³-hybridized carbons (Fsp3) is 0.867. The molecule has 2 rings (SSSR count). The lowest BCUT2D eigenvalue weighted by molar-refractivity contribution is -0.0539. The maximum absolute atomic E-state index is 10.6. The van der Waals surface area contributed by atoms with Gasteiger partial charge in [0.1, 0.15) is 0 Å². The average Bonchev–Trinajstić information content (AvgIpc) is 2.39. The van der Waals surface area contributed by atoms with Gasteiger partial charge in [-0.1, -0.05) is 12.2 Å². The Bertz CT molecular complexity index is 317. The van der Waals surface area contributed by atoms with Gasteiger partial charge < -0.3 is 10.2 Å². The zero-order valence-electron chi connectivity index (χ0n) is 11.4. The van der Waals surface area contributed by atoms with Crippen LogP contribution in [0.25, 0.3) is 0 Å². The largest absolute Gasteiger partial charge is 0.390 e. The Hall–Kier alpha value is -0.340. The van der Waals surface area contributed by atoms with Crippen LogP contribution in [-0.2, 0) is 0 Å². The van der Waals surface area contributed by atoms with Crippen LogP contribution in [0.4, 0.5) is 0 Å². The van der Waals surface area contributed by atoms with Crippen molar-refractivity contribution >= 4 is 0 Å². The highest BCUT2D eigenvalue weighted by atomic mass is 16.3. The van der Waals surface area contributed by atoms with E-state index in [-0.39, 0.29) is 11.8 Å². The summed E-state index contributed by atoms with van der Waals surface area (Å²) in [5.74, 6) is 0.935. The van der Waals surface area contributed by atoms with Crippen LogP contribution in [0.2, 0.25) is 0 Å². The van der Waals surface area contributed by atoms with Crippen molar-refractivity contribution in [3.8, 4) is 0 Å². The first kappa shape index (κ1) is 13.1. The molecule has 0 amide bonds. The number of hydrogen-bond donors (Lipinski definition) is 2. The second-order valence-electron chi connectivity index (χ2n) is 6.78. The SMILES string of the molecule is C=C(C)[C@@H]1CC[C@@](C)(O)[C@@H]2CC[C@@](C)(O)[C@@H]2C1. The van der Waals surface area contributed by atoms with Gasteiger partial charge in [0, 0.05) is 0 Å². The lowest BCUT2D eigenvalue weighted by Crippen LogP contribution is -2.40. The minimum atomic E-state index is -0.616. The summed E-state index contributed by atoms with van der Waals surface area (Å²) in [7, 11) is 0. The van der Waals surface area contributed by atoms with E-state index in [0.717, 1.165) is 32.1 Å². The van der Waals surface area contributed by atoms with Gasteiger partial charge in [-0.2, -0.15) is 0 Å². The van der Waals surface area contributed by atoms with Crippen molar-refractivity contribution in [1.82, 2.24) is 0 Å². The Kier molecular flexibility index (Phi) is 3.16. The monoisotopic (exact) mass is 238 g/mol. The van der Waals surface area contributed by atoms with Crippen molar-refractivity contribution in [2.45, 2.75) is 64.1 Å². The van der Waals surface area contributed by atoms with Crippen LogP contribution in [0.5, 0.6) is 0 Å². The zero-order valence-corrected chi connectivity index (χ0v) is 11.4. The molecule has 2 nitrogen and oxygen atoms in total. The van der Waals surface area contributed by atoms with Crippen molar-refractivity contribution in [2.24, 2.45) is 17.8 Å². The van der Waals surface area contributed by atoms with E-state index in [1.165, 1.54) is 5.57 Å². The third-order valence-corrected chi connectivity index (χ3v) is 5.28. The first-order valence-corrected chi connectivity index (χ1v) is 6.84. The number of fused-ring (bicyclic) bond motifs is 1. The summed E-state index contributed by atoms with van der Waals surface area (Å²) in [4.78, 5) is 0. The molecule has 0 aliphatic heterocycles. The first-order chi connectivity index (χ1) is 7.74. The van der Waals surface area contributed by atoms with Crippen LogP contribution in [0, 0.1) is 17.8 Å². The van der Waals surface area contributed by atoms with E-state index in [0.29, 0.717) is 5.92 Å². The molecule has 2 heteroatoms. The molecule has 0 saturated heterocycles. The summed E-state index contributed by atoms with van der Waals surface area (Å²) in [6.07, 6.45) is 4.60. The lowest BCUT2D eigenvalue weighted by atomic mass is 9.76. The van der Waals surface area contributed by atoms with Gasteiger partial charge in [-0.3, -0.25) is 0 Å². The normalized spacial score (nSPS) is 50.8. The number of allylic oxidation sites excluding steroid dienone is 1. The first-order valence-electron chi connectivity index (χ1n) is 6.84. The Morgan fingerprint density at radius 1 is 1.06 bits per heavy atom. The van der Waals surface area contributed by atoms with Crippen molar-refractivity contribution in [1.29, 1.82) is 0 Å². The van der Waals surface area contributed by atoms with E-state index in [1.807, 2.05) is 13.8 Å². The summed E-state index contributed by atoms with van der Waals surface area (Å²) in [5.41, 5.74) is -0.0219. The Balaban J connectivity index is 2.28. The quantitative estimate of drug-likeness (QED) is 0.690. The highest BCUT2D eigenvalue weighted by molar-refractivity contribution is 5.08. The maximum atomic E-state index is 10.6. The van der Waals surface area contributed by atoms with E-state index in [4.69, 9.17) is 0 Å². The van der Waals surface area contributed by atoms with E-state index >= 15 is 0 Å². The summed E-state index contributed by atoms with van der Waals surface area (Å²) in [6, 6.07) is 0. The van der Waals surface area contributed by atoms with Crippen molar-refractivity contribution < 1.29 is 10.2 Å². The fourth-order valence-electron chi connectivity index (χ4n) is 3.95. The summed E-state index contributed by atoms with van der Waals surface area (Å²) >= 11 is 0. The Morgan fingerprint density at radius 2 is 1.59 bits per heavy atom. The van der Waals surface area contributed by atoms with E-state index in [9.17, 15) is 10.2 Å². The van der Waals surface area contributed by atoms with E-state index in [2.05, 4.69) is 13.5 Å². The van der Waals surface area contributed by atoms with Crippen LogP contribution < -0.4 is 0 Å². The molecule has 0 aromatic rings. The van der Waals surface area contributed by atoms with Crippen LogP contribution >= 0.6 is 0 Å². The molecular formula is C15H26O2. The average molecular weight is 238 g/mol. The van der Waals surface area contributed by atoms with Crippen molar-refractivity contribution in [2.75, 3.05) is 0 Å². The van der Waals surface area contributed by atoms with Gasteiger partial charge in [0.15, 0.2) is 0 Å². The molecule has 0 spiro atoms. The van der Waals surface area contributed by atoms with E-state index in [1.54, 1.807) is 0 Å². The second kappa shape index (κ2) is 4.10. The third-order valence-electron chi connectivity index (χ3n) is 5.28. The molecule has 98 valence electrons. The van der Waals surface area contributed by atoms with Gasteiger partial charge in [-0.15, -0.1) is 0 Å². The molecule has 0 aromatic heterocycles. The standard InChI is InChI=1S/C15H26O2/c1-10(2)11-5-7-14(3,16)12-6-8-15(4,17)13(12)9-11/h11-13,16-17H,1,5-9H2,2-4H3/t11-,12-,13-,14-,15-/m1/s1. The molecule has 0 aromatic carbocycles. The van der Waals surface area contributed by atoms with Gasteiger partial charge >= 0.3 is 0 Å². The molecule has 2 saturated carbocycles. The number of aliphatic hydroxyl groups is 2. The van der Waals surface area contributed by atoms with E-state index < -0.39 is 11.2 Å². The molecular weight excluding hydrogens is 212 g/mol. The molecule has 0 heterocycles. The molecule has 17 heavy (non-hydrogen) atoms. The van der Waals surface area contributed by atoms with Crippen LogP contribution in [0.3, 0.4) is 0 Å². The predicted molar refractivity (Wildman–Crippen MR) is 69.6 cm³/mol. The van der Waals surface area contributed by atoms with Gasteiger partial charge in [-0.05, 0) is 70.6 Å². The van der Waals surface area contributed by atoms with Gasteiger partial charge in [0.2, 0.25) is 0 Å². The third kappa shape index (κ3) is 2.30. The summed E-state index contributed by atoms with van der Waals surface area (Å²) in [6.45, 7) is 10.0. The summed E-state index contributed by atoms with van der Waals surface area (Å²) in [5, 5.41) is 21.1. The van der Waals surface area contributed by atoms with Crippen LogP contribution in [-0.4, -0.2) is 21.4 Å². The maximum Gasteiger partial charge on any atom is 0.0651 e. The van der Waals surface area contributed by atoms with Crippen molar-refractivity contribution in [3.63, 3.8) is 0 Å². The highest BCUT2D eigenvalue weighted by Gasteiger charge is 2.52.